The molecule has 1 amide bonds. The summed E-state index contributed by atoms with van der Waals surface area (Å²) in [5.74, 6) is 0.911. The third-order valence-corrected chi connectivity index (χ3v) is 5.69. The number of hydrogen-bond donors (Lipinski definition) is 2. The number of nitrogens with one attached hydrogen (secondary N) is 2. The smallest absolute Gasteiger partial charge is 0.251 e. The molecule has 0 aliphatic carbocycles. The largest absolute Gasteiger partial charge is 0.497 e. The maximum absolute atomic E-state index is 12.4. The lowest BCUT2D eigenvalue weighted by atomic mass is 10.2. The molecule has 0 saturated heterocycles. The second-order valence-corrected chi connectivity index (χ2v) is 7.89. The van der Waals surface area contributed by atoms with Gasteiger partial charge in [0.05, 0.1) is 17.7 Å². The Kier molecular flexibility index (Phi) is 6.30. The predicted octanol–water partition coefficient (Wildman–Crippen LogP) is 2.23. The van der Waals surface area contributed by atoms with Crippen molar-refractivity contribution >= 4 is 15.9 Å². The minimum Gasteiger partial charge on any atom is -0.497 e. The van der Waals surface area contributed by atoms with Crippen molar-refractivity contribution in [3.05, 3.63) is 66.1 Å². The molecule has 0 unspecified atom stereocenters. The molecule has 0 bridgehead atoms. The van der Waals surface area contributed by atoms with E-state index in [2.05, 4.69) is 15.0 Å². The lowest BCUT2D eigenvalue weighted by Crippen LogP contribution is -2.26. The maximum Gasteiger partial charge on any atom is 0.251 e. The average molecular weight is 415 g/mol. The van der Waals surface area contributed by atoms with Crippen LogP contribution in [-0.2, 0) is 16.4 Å². The summed E-state index contributed by atoms with van der Waals surface area (Å²) in [5, 5.41) is 2.49. The molecule has 1 aromatic heterocycles. The van der Waals surface area contributed by atoms with Crippen molar-refractivity contribution in [2.45, 2.75) is 11.3 Å². The first-order chi connectivity index (χ1) is 13.9. The van der Waals surface area contributed by atoms with Crippen molar-refractivity contribution in [3.8, 4) is 17.2 Å². The van der Waals surface area contributed by atoms with Crippen molar-refractivity contribution in [1.29, 1.82) is 0 Å². The standard InChI is InChI=1S/C20H21N3O5S/c1-21-19(24)14-5-9-18(10-6-14)29(25,26)22-12-11-16-13-28-20(23-16)15-3-7-17(27-2)8-4-15/h3-10,13,22H,11-12H2,1-2H3,(H,21,24). The van der Waals surface area contributed by atoms with Gasteiger partial charge in [-0.2, -0.15) is 0 Å². The van der Waals surface area contributed by atoms with E-state index in [9.17, 15) is 13.2 Å². The molecular formula is C20H21N3O5S. The quantitative estimate of drug-likeness (QED) is 0.584. The van der Waals surface area contributed by atoms with Gasteiger partial charge in [-0.3, -0.25) is 4.79 Å². The van der Waals surface area contributed by atoms with Crippen molar-refractivity contribution in [2.75, 3.05) is 20.7 Å². The highest BCUT2D eigenvalue weighted by Gasteiger charge is 2.15. The molecule has 1 heterocycles. The molecule has 0 aliphatic rings. The normalized spacial score (nSPS) is 11.2. The molecule has 0 atom stereocenters. The Morgan fingerprint density at radius 3 is 2.41 bits per heavy atom. The van der Waals surface area contributed by atoms with E-state index in [0.717, 1.165) is 11.3 Å². The fourth-order valence-corrected chi connectivity index (χ4v) is 3.65. The Bertz CT molecular complexity index is 1070. The first-order valence-corrected chi connectivity index (χ1v) is 10.3. The van der Waals surface area contributed by atoms with Crippen LogP contribution in [0.2, 0.25) is 0 Å². The first-order valence-electron chi connectivity index (χ1n) is 8.83. The Morgan fingerprint density at radius 2 is 1.79 bits per heavy atom. The molecule has 2 aromatic carbocycles. The van der Waals surface area contributed by atoms with Gasteiger partial charge < -0.3 is 14.5 Å². The Balaban J connectivity index is 1.59. The lowest BCUT2D eigenvalue weighted by molar-refractivity contribution is 0.0963. The highest BCUT2D eigenvalue weighted by Crippen LogP contribution is 2.22. The topological polar surface area (TPSA) is 111 Å². The summed E-state index contributed by atoms with van der Waals surface area (Å²) < 4.78 is 37.9. The number of ether oxygens (including phenoxy) is 1. The number of aromatic nitrogens is 1. The van der Waals surface area contributed by atoms with E-state index >= 15 is 0 Å². The van der Waals surface area contributed by atoms with Gasteiger partial charge in [-0.25, -0.2) is 18.1 Å². The lowest BCUT2D eigenvalue weighted by Gasteiger charge is -2.06. The van der Waals surface area contributed by atoms with Gasteiger partial charge in [0, 0.05) is 31.1 Å². The molecule has 9 heteroatoms. The monoisotopic (exact) mass is 415 g/mol. The zero-order chi connectivity index (χ0) is 20.9. The van der Waals surface area contributed by atoms with Gasteiger partial charge in [-0.1, -0.05) is 0 Å². The zero-order valence-electron chi connectivity index (χ0n) is 16.0. The van der Waals surface area contributed by atoms with Crippen LogP contribution in [0.5, 0.6) is 5.75 Å². The second kappa shape index (κ2) is 8.89. The molecule has 0 saturated carbocycles. The van der Waals surface area contributed by atoms with Gasteiger partial charge in [0.2, 0.25) is 15.9 Å². The van der Waals surface area contributed by atoms with Crippen LogP contribution >= 0.6 is 0 Å². The highest BCUT2D eigenvalue weighted by molar-refractivity contribution is 7.89. The van der Waals surface area contributed by atoms with Crippen LogP contribution in [0.3, 0.4) is 0 Å². The molecule has 2 N–H and O–H groups in total. The molecule has 29 heavy (non-hydrogen) atoms. The Hall–Kier alpha value is -3.17. The van der Waals surface area contributed by atoms with E-state index in [-0.39, 0.29) is 17.3 Å². The van der Waals surface area contributed by atoms with Crippen molar-refractivity contribution < 1.29 is 22.4 Å². The van der Waals surface area contributed by atoms with Crippen LogP contribution in [0.25, 0.3) is 11.5 Å². The van der Waals surface area contributed by atoms with Crippen LogP contribution in [0.1, 0.15) is 16.1 Å². The number of benzene rings is 2. The molecule has 0 radical (unpaired) electrons. The number of oxazole rings is 1. The fourth-order valence-electron chi connectivity index (χ4n) is 2.61. The summed E-state index contributed by atoms with van der Waals surface area (Å²) in [4.78, 5) is 16.0. The molecular weight excluding hydrogens is 394 g/mol. The fraction of sp³-hybridized carbons (Fsp3) is 0.200. The minimum absolute atomic E-state index is 0.0872. The van der Waals surface area contributed by atoms with E-state index in [1.165, 1.54) is 37.6 Å². The molecule has 8 nitrogen and oxygen atoms in total. The van der Waals surface area contributed by atoms with Crippen molar-refractivity contribution in [1.82, 2.24) is 15.0 Å². The molecule has 3 aromatic rings. The number of methoxy groups -OCH3 is 1. The van der Waals surface area contributed by atoms with Gasteiger partial charge in [0.15, 0.2) is 0 Å². The first kappa shape index (κ1) is 20.6. The van der Waals surface area contributed by atoms with Crippen LogP contribution in [0.4, 0.5) is 0 Å². The summed E-state index contributed by atoms with van der Waals surface area (Å²) in [6, 6.07) is 13.0. The summed E-state index contributed by atoms with van der Waals surface area (Å²) in [6.07, 6.45) is 1.88. The minimum atomic E-state index is -3.69. The summed E-state index contributed by atoms with van der Waals surface area (Å²) in [6.45, 7) is 0.161. The zero-order valence-corrected chi connectivity index (χ0v) is 16.8. The van der Waals surface area contributed by atoms with E-state index < -0.39 is 10.0 Å². The number of nitrogens with zero attached hydrogens (tertiary/aromatic N) is 1. The number of hydrogen-bond acceptors (Lipinski definition) is 6. The predicted molar refractivity (Wildman–Crippen MR) is 107 cm³/mol. The molecule has 0 fully saturated rings. The molecule has 3 rings (SSSR count). The number of rotatable bonds is 8. The van der Waals surface area contributed by atoms with E-state index in [1.54, 1.807) is 7.11 Å². The van der Waals surface area contributed by atoms with E-state index in [4.69, 9.17) is 9.15 Å². The number of carbonyl (C=O) groups is 1. The summed E-state index contributed by atoms with van der Waals surface area (Å²) in [5.41, 5.74) is 1.82. The van der Waals surface area contributed by atoms with Crippen molar-refractivity contribution in [2.24, 2.45) is 0 Å². The van der Waals surface area contributed by atoms with Crippen LogP contribution in [-0.4, -0.2) is 40.0 Å². The summed E-state index contributed by atoms with van der Waals surface area (Å²) in [7, 11) is -0.581. The third-order valence-electron chi connectivity index (χ3n) is 4.22. The van der Waals surface area contributed by atoms with E-state index in [0.29, 0.717) is 23.6 Å². The highest BCUT2D eigenvalue weighted by atomic mass is 32.2. The van der Waals surface area contributed by atoms with Crippen molar-refractivity contribution in [3.63, 3.8) is 0 Å². The van der Waals surface area contributed by atoms with Gasteiger partial charge in [-0.05, 0) is 48.5 Å². The van der Waals surface area contributed by atoms with Gasteiger partial charge in [0.1, 0.15) is 12.0 Å². The second-order valence-electron chi connectivity index (χ2n) is 6.12. The SMILES string of the molecule is CNC(=O)c1ccc(S(=O)(=O)NCCc2coc(-c3ccc(OC)cc3)n2)cc1. The van der Waals surface area contributed by atoms with Gasteiger partial charge in [0.25, 0.3) is 5.91 Å². The Labute approximate surface area is 169 Å². The van der Waals surface area contributed by atoms with Crippen LogP contribution < -0.4 is 14.8 Å². The number of amides is 1. The molecule has 152 valence electrons. The van der Waals surface area contributed by atoms with Crippen LogP contribution in [0, 0.1) is 0 Å². The third kappa shape index (κ3) is 5.01. The maximum atomic E-state index is 12.4. The molecule has 0 spiro atoms. The summed E-state index contributed by atoms with van der Waals surface area (Å²) >= 11 is 0. The van der Waals surface area contributed by atoms with Crippen LogP contribution in [0.15, 0.2) is 64.1 Å². The van der Waals surface area contributed by atoms with Gasteiger partial charge in [-0.15, -0.1) is 0 Å². The average Bonchev–Trinajstić information content (AvgIpc) is 3.22. The van der Waals surface area contributed by atoms with E-state index in [1.807, 2.05) is 24.3 Å². The number of sulfonamides is 1. The van der Waals surface area contributed by atoms with Gasteiger partial charge >= 0.3 is 0 Å². The Morgan fingerprint density at radius 1 is 1.10 bits per heavy atom. The molecule has 0 aliphatic heterocycles. The number of carbonyl (C=O) groups excluding carboxylic acids is 1.